The maximum Gasteiger partial charge on any atom is 0.353 e. The number of nitrogens with one attached hydrogen (secondary N) is 1. The molecular weight excluding hydrogens is 306 g/mol. The summed E-state index contributed by atoms with van der Waals surface area (Å²) < 4.78 is 0. The highest BCUT2D eigenvalue weighted by molar-refractivity contribution is 5.75. The first-order valence-corrected chi connectivity index (χ1v) is 8.16. The molecule has 3 rings (SSSR count). The number of anilines is 3. The van der Waals surface area contributed by atoms with Crippen LogP contribution in [-0.4, -0.2) is 27.5 Å². The Balaban J connectivity index is 2.02. The number of hydrogen-bond acceptors (Lipinski definition) is 6. The molecule has 0 bridgehead atoms. The minimum atomic E-state index is -0.392. The van der Waals surface area contributed by atoms with Crippen LogP contribution < -0.4 is 10.2 Å². The summed E-state index contributed by atoms with van der Waals surface area (Å²) in [5.74, 6) is 0.635. The molecule has 7 heteroatoms. The van der Waals surface area contributed by atoms with Gasteiger partial charge in [0.1, 0.15) is 6.33 Å². The predicted molar refractivity (Wildman–Crippen MR) is 93.8 cm³/mol. The molecule has 1 N–H and O–H groups in total. The number of aryl methyl sites for hydroxylation is 1. The standard InChI is InChI=1S/C17H21N5O2/c1-12-7-3-4-9-14(12)20-16-15(22(23)24)17(19-11-18-16)21-10-6-5-8-13(21)2/h3-4,7,9,11,13H,5-6,8,10H2,1-2H3,(H,18,19,20). The highest BCUT2D eigenvalue weighted by Gasteiger charge is 2.30. The van der Waals surface area contributed by atoms with Gasteiger partial charge in [-0.1, -0.05) is 18.2 Å². The number of nitrogens with zero attached hydrogens (tertiary/aromatic N) is 4. The molecule has 1 aromatic carbocycles. The van der Waals surface area contributed by atoms with Crippen molar-refractivity contribution in [2.45, 2.75) is 39.2 Å². The van der Waals surface area contributed by atoms with Crippen LogP contribution in [-0.2, 0) is 0 Å². The van der Waals surface area contributed by atoms with Crippen LogP contribution in [0.5, 0.6) is 0 Å². The molecule has 0 aliphatic carbocycles. The van der Waals surface area contributed by atoms with Crippen LogP contribution in [0.25, 0.3) is 0 Å². The van der Waals surface area contributed by atoms with Gasteiger partial charge < -0.3 is 10.2 Å². The number of aromatic nitrogens is 2. The van der Waals surface area contributed by atoms with Crippen molar-refractivity contribution in [2.24, 2.45) is 0 Å². The molecule has 0 spiro atoms. The molecule has 1 fully saturated rings. The van der Waals surface area contributed by atoms with Crippen molar-refractivity contribution in [3.63, 3.8) is 0 Å². The highest BCUT2D eigenvalue weighted by Crippen LogP contribution is 2.36. The first-order chi connectivity index (χ1) is 11.6. The van der Waals surface area contributed by atoms with E-state index < -0.39 is 4.92 Å². The lowest BCUT2D eigenvalue weighted by Crippen LogP contribution is -2.38. The van der Waals surface area contributed by atoms with E-state index in [-0.39, 0.29) is 17.5 Å². The van der Waals surface area contributed by atoms with E-state index in [4.69, 9.17) is 0 Å². The first-order valence-electron chi connectivity index (χ1n) is 8.16. The summed E-state index contributed by atoms with van der Waals surface area (Å²) in [5, 5.41) is 14.8. The van der Waals surface area contributed by atoms with Crippen LogP contribution in [0, 0.1) is 17.0 Å². The fourth-order valence-electron chi connectivity index (χ4n) is 3.09. The molecular formula is C17H21N5O2. The van der Waals surface area contributed by atoms with Crippen molar-refractivity contribution in [3.8, 4) is 0 Å². The summed E-state index contributed by atoms with van der Waals surface area (Å²) >= 11 is 0. The zero-order valence-corrected chi connectivity index (χ0v) is 13.9. The van der Waals surface area contributed by atoms with Gasteiger partial charge in [0.25, 0.3) is 0 Å². The van der Waals surface area contributed by atoms with Gasteiger partial charge >= 0.3 is 5.69 Å². The SMILES string of the molecule is Cc1ccccc1Nc1ncnc(N2CCCCC2C)c1[N+](=O)[O-]. The molecule has 1 aliphatic heterocycles. The second-order valence-corrected chi connectivity index (χ2v) is 6.13. The first kappa shape index (κ1) is 16.2. The number of rotatable bonds is 4. The van der Waals surface area contributed by atoms with Gasteiger partial charge in [-0.2, -0.15) is 0 Å². The summed E-state index contributed by atoms with van der Waals surface area (Å²) in [6.07, 6.45) is 4.57. The average molecular weight is 327 g/mol. The topological polar surface area (TPSA) is 84.2 Å². The van der Waals surface area contributed by atoms with Gasteiger partial charge in [0.2, 0.25) is 11.6 Å². The van der Waals surface area contributed by atoms with E-state index in [2.05, 4.69) is 22.2 Å². The average Bonchev–Trinajstić information content (AvgIpc) is 2.57. The van der Waals surface area contributed by atoms with E-state index in [1.165, 1.54) is 6.33 Å². The Morgan fingerprint density at radius 3 is 2.79 bits per heavy atom. The molecule has 126 valence electrons. The van der Waals surface area contributed by atoms with E-state index >= 15 is 0 Å². The number of para-hydroxylation sites is 1. The van der Waals surface area contributed by atoms with E-state index in [0.29, 0.717) is 5.82 Å². The van der Waals surface area contributed by atoms with Crippen molar-refractivity contribution in [2.75, 3.05) is 16.8 Å². The van der Waals surface area contributed by atoms with E-state index in [1.54, 1.807) is 0 Å². The van der Waals surface area contributed by atoms with Crippen molar-refractivity contribution < 1.29 is 4.92 Å². The van der Waals surface area contributed by atoms with Crippen LogP contribution in [0.1, 0.15) is 31.7 Å². The molecule has 1 saturated heterocycles. The zero-order chi connectivity index (χ0) is 17.1. The smallest absolute Gasteiger partial charge is 0.348 e. The van der Waals surface area contributed by atoms with Gasteiger partial charge in [0, 0.05) is 18.3 Å². The molecule has 0 saturated carbocycles. The third-order valence-electron chi connectivity index (χ3n) is 4.46. The minimum absolute atomic E-state index is 0.0606. The summed E-state index contributed by atoms with van der Waals surface area (Å²) in [4.78, 5) is 21.7. The predicted octanol–water partition coefficient (Wildman–Crippen LogP) is 3.82. The molecule has 1 atom stereocenters. The molecule has 24 heavy (non-hydrogen) atoms. The number of hydrogen-bond donors (Lipinski definition) is 1. The lowest BCUT2D eigenvalue weighted by molar-refractivity contribution is -0.383. The van der Waals surface area contributed by atoms with Crippen molar-refractivity contribution >= 4 is 23.0 Å². The van der Waals surface area contributed by atoms with Gasteiger partial charge in [-0.25, -0.2) is 9.97 Å². The van der Waals surface area contributed by atoms with E-state index in [0.717, 1.165) is 37.1 Å². The summed E-state index contributed by atoms with van der Waals surface area (Å²) in [6.45, 7) is 4.81. The van der Waals surface area contributed by atoms with E-state index in [1.807, 2.05) is 36.1 Å². The Morgan fingerprint density at radius 2 is 2.08 bits per heavy atom. The molecule has 0 radical (unpaired) electrons. The van der Waals surface area contributed by atoms with Gasteiger partial charge in [0.05, 0.1) is 4.92 Å². The molecule has 1 unspecified atom stereocenters. The van der Waals surface area contributed by atoms with Crippen molar-refractivity contribution in [3.05, 3.63) is 46.3 Å². The zero-order valence-electron chi connectivity index (χ0n) is 13.9. The monoisotopic (exact) mass is 327 g/mol. The molecule has 7 nitrogen and oxygen atoms in total. The minimum Gasteiger partial charge on any atom is -0.348 e. The number of piperidine rings is 1. The van der Waals surface area contributed by atoms with E-state index in [9.17, 15) is 10.1 Å². The molecule has 2 aromatic rings. The molecule has 2 heterocycles. The number of benzene rings is 1. The summed E-state index contributed by atoms with van der Waals surface area (Å²) in [7, 11) is 0. The van der Waals surface area contributed by atoms with Gasteiger partial charge in [-0.05, 0) is 44.7 Å². The quantitative estimate of drug-likeness (QED) is 0.679. The van der Waals surface area contributed by atoms with Gasteiger partial charge in [-0.15, -0.1) is 0 Å². The van der Waals surface area contributed by atoms with Crippen LogP contribution >= 0.6 is 0 Å². The Bertz CT molecular complexity index is 750. The molecule has 0 amide bonds. The second kappa shape index (κ2) is 6.82. The van der Waals surface area contributed by atoms with Gasteiger partial charge in [0.15, 0.2) is 0 Å². The lowest BCUT2D eigenvalue weighted by Gasteiger charge is -2.33. The van der Waals surface area contributed by atoms with Gasteiger partial charge in [-0.3, -0.25) is 10.1 Å². The second-order valence-electron chi connectivity index (χ2n) is 6.13. The maximum atomic E-state index is 11.7. The normalized spacial score (nSPS) is 17.6. The third-order valence-corrected chi connectivity index (χ3v) is 4.46. The lowest BCUT2D eigenvalue weighted by atomic mass is 10.0. The largest absolute Gasteiger partial charge is 0.353 e. The Labute approximate surface area is 140 Å². The summed E-state index contributed by atoms with van der Waals surface area (Å²) in [5.41, 5.74) is 1.74. The fraction of sp³-hybridized carbons (Fsp3) is 0.412. The Hall–Kier alpha value is -2.70. The summed E-state index contributed by atoms with van der Waals surface area (Å²) in [6, 6.07) is 7.87. The van der Waals surface area contributed by atoms with Crippen LogP contribution in [0.4, 0.5) is 23.0 Å². The molecule has 1 aliphatic rings. The third kappa shape index (κ3) is 3.15. The Morgan fingerprint density at radius 1 is 1.29 bits per heavy atom. The van der Waals surface area contributed by atoms with Crippen molar-refractivity contribution in [1.29, 1.82) is 0 Å². The fourth-order valence-corrected chi connectivity index (χ4v) is 3.09. The van der Waals surface area contributed by atoms with Crippen LogP contribution in [0.15, 0.2) is 30.6 Å². The van der Waals surface area contributed by atoms with Crippen LogP contribution in [0.3, 0.4) is 0 Å². The Kier molecular flexibility index (Phi) is 4.59. The van der Waals surface area contributed by atoms with Crippen LogP contribution in [0.2, 0.25) is 0 Å². The number of nitro groups is 1. The van der Waals surface area contributed by atoms with Crippen molar-refractivity contribution in [1.82, 2.24) is 9.97 Å². The highest BCUT2D eigenvalue weighted by atomic mass is 16.6. The molecule has 1 aromatic heterocycles. The maximum absolute atomic E-state index is 11.7.